The molecule has 1 aliphatic carbocycles. The van der Waals surface area contributed by atoms with E-state index >= 15 is 0 Å². The molecule has 0 unspecified atom stereocenters. The Morgan fingerprint density at radius 2 is 2.00 bits per heavy atom. The summed E-state index contributed by atoms with van der Waals surface area (Å²) in [5, 5.41) is 2.90. The molecule has 1 aromatic rings. The van der Waals surface area contributed by atoms with E-state index in [1.165, 1.54) is 6.07 Å². The van der Waals surface area contributed by atoms with Gasteiger partial charge in [-0.1, -0.05) is 25.0 Å². The lowest BCUT2D eigenvalue weighted by molar-refractivity contribution is -0.155. The van der Waals surface area contributed by atoms with Gasteiger partial charge in [-0.15, -0.1) is 0 Å². The van der Waals surface area contributed by atoms with Gasteiger partial charge in [0.2, 0.25) is 0 Å². The average molecular weight is 407 g/mol. The molecule has 28 heavy (non-hydrogen) atoms. The fourth-order valence-corrected chi connectivity index (χ4v) is 4.61. The number of nitrogens with zero attached hydrogens (tertiary/aromatic N) is 1. The van der Waals surface area contributed by atoms with Crippen molar-refractivity contribution >= 4 is 27.7 Å². The second-order valence-electron chi connectivity index (χ2n) is 7.06. The first-order valence-electron chi connectivity index (χ1n) is 9.53. The van der Waals surface area contributed by atoms with Gasteiger partial charge in [0.15, 0.2) is 6.10 Å². The Hall–Kier alpha value is -2.42. The number of benzene rings is 1. The van der Waals surface area contributed by atoms with Gasteiger partial charge in [-0.3, -0.25) is 19.3 Å². The molecule has 2 N–H and O–H groups in total. The lowest BCUT2D eigenvalue weighted by atomic mass is 10.2. The summed E-state index contributed by atoms with van der Waals surface area (Å²) < 4.78 is 31.6. The number of fused-ring (bicyclic) bond motifs is 1. The second-order valence-corrected chi connectivity index (χ2v) is 8.71. The lowest BCUT2D eigenvalue weighted by Gasteiger charge is -2.17. The van der Waals surface area contributed by atoms with Crippen LogP contribution >= 0.6 is 0 Å². The van der Waals surface area contributed by atoms with Gasteiger partial charge in [0.25, 0.3) is 15.9 Å². The van der Waals surface area contributed by atoms with Gasteiger partial charge in [-0.05, 0) is 38.3 Å². The molecule has 1 amide bonds. The normalized spacial score (nSPS) is 20.4. The number of amides is 1. The monoisotopic (exact) mass is 407 g/mol. The zero-order valence-corrected chi connectivity index (χ0v) is 16.6. The predicted octanol–water partition coefficient (Wildman–Crippen LogP) is 1.50. The summed E-state index contributed by atoms with van der Waals surface area (Å²) in [4.78, 5) is 28.4. The molecule has 1 fully saturated rings. The highest BCUT2D eigenvalue weighted by Crippen LogP contribution is 2.22. The molecule has 2 aliphatic rings. The van der Waals surface area contributed by atoms with Gasteiger partial charge in [0.1, 0.15) is 5.84 Å². The van der Waals surface area contributed by atoms with Crippen LogP contribution in [0.2, 0.25) is 0 Å². The minimum Gasteiger partial charge on any atom is -0.453 e. The van der Waals surface area contributed by atoms with Crippen LogP contribution in [0.5, 0.6) is 0 Å². The fraction of sp³-hybridized carbons (Fsp3) is 0.526. The molecule has 0 aromatic heterocycles. The van der Waals surface area contributed by atoms with E-state index in [9.17, 15) is 18.0 Å². The molecular weight excluding hydrogens is 382 g/mol. The number of carbonyl (C=O) groups is 2. The maximum absolute atomic E-state index is 12.0. The van der Waals surface area contributed by atoms with Crippen molar-refractivity contribution in [2.24, 2.45) is 4.99 Å². The van der Waals surface area contributed by atoms with E-state index in [4.69, 9.17) is 4.74 Å². The van der Waals surface area contributed by atoms with Gasteiger partial charge < -0.3 is 10.1 Å². The summed E-state index contributed by atoms with van der Waals surface area (Å²) in [5.41, 5.74) is 0.530. The summed E-state index contributed by atoms with van der Waals surface area (Å²) in [7, 11) is -3.56. The van der Waals surface area contributed by atoms with Crippen molar-refractivity contribution in [3.05, 3.63) is 29.8 Å². The van der Waals surface area contributed by atoms with E-state index < -0.39 is 22.1 Å². The van der Waals surface area contributed by atoms with Crippen LogP contribution < -0.4 is 10.0 Å². The largest absolute Gasteiger partial charge is 0.453 e. The number of ether oxygens (including phenoxy) is 1. The van der Waals surface area contributed by atoms with Crippen LogP contribution in [0.25, 0.3) is 0 Å². The summed E-state index contributed by atoms with van der Waals surface area (Å²) in [6.07, 6.45) is 3.84. The Balaban J connectivity index is 1.43. The third-order valence-electron chi connectivity index (χ3n) is 4.85. The van der Waals surface area contributed by atoms with Crippen molar-refractivity contribution in [2.75, 3.05) is 6.54 Å². The molecule has 9 heteroatoms. The van der Waals surface area contributed by atoms with Crippen LogP contribution in [0.1, 0.15) is 51.0 Å². The third kappa shape index (κ3) is 4.89. The van der Waals surface area contributed by atoms with E-state index in [0.29, 0.717) is 12.0 Å². The van der Waals surface area contributed by atoms with Gasteiger partial charge in [-0.2, -0.15) is 0 Å². The summed E-state index contributed by atoms with van der Waals surface area (Å²) in [6, 6.07) is 6.79. The molecule has 8 nitrogen and oxygen atoms in total. The topological polar surface area (TPSA) is 114 Å². The predicted molar refractivity (Wildman–Crippen MR) is 103 cm³/mol. The number of nitrogens with one attached hydrogen (secondary N) is 2. The highest BCUT2D eigenvalue weighted by molar-refractivity contribution is 7.90. The highest BCUT2D eigenvalue weighted by atomic mass is 32.2. The summed E-state index contributed by atoms with van der Waals surface area (Å²) in [6.45, 7) is 1.83. The summed E-state index contributed by atoms with van der Waals surface area (Å²) in [5.74, 6) is -0.451. The second kappa shape index (κ2) is 8.72. The van der Waals surface area contributed by atoms with E-state index in [1.54, 1.807) is 25.1 Å². The molecule has 1 atom stereocenters. The van der Waals surface area contributed by atoms with Crippen molar-refractivity contribution in [1.82, 2.24) is 10.0 Å². The van der Waals surface area contributed by atoms with Gasteiger partial charge in [-0.25, -0.2) is 8.42 Å². The number of esters is 1. The van der Waals surface area contributed by atoms with Crippen molar-refractivity contribution in [3.63, 3.8) is 0 Å². The number of aliphatic imine (C=N–C) groups is 1. The minimum absolute atomic E-state index is 0.103. The first-order valence-corrected chi connectivity index (χ1v) is 11.0. The van der Waals surface area contributed by atoms with Crippen molar-refractivity contribution < 1.29 is 22.7 Å². The van der Waals surface area contributed by atoms with E-state index in [0.717, 1.165) is 25.7 Å². The average Bonchev–Trinajstić information content (AvgIpc) is 3.25. The maximum Gasteiger partial charge on any atom is 0.306 e. The molecule has 1 aromatic carbocycles. The summed E-state index contributed by atoms with van der Waals surface area (Å²) >= 11 is 0. The number of rotatable bonds is 7. The van der Waals surface area contributed by atoms with Crippen LogP contribution in [-0.4, -0.2) is 44.8 Å². The van der Waals surface area contributed by atoms with Crippen LogP contribution in [0, 0.1) is 0 Å². The number of carbonyl (C=O) groups excluding carboxylic acids is 2. The minimum atomic E-state index is -3.56. The molecule has 0 bridgehead atoms. The SMILES string of the molecule is C[C@H](OC(=O)CCCN=C1NS(=O)(=O)c2ccccc21)C(=O)NC1CCCC1. The third-order valence-corrected chi connectivity index (χ3v) is 6.25. The molecule has 1 heterocycles. The Morgan fingerprint density at radius 3 is 2.75 bits per heavy atom. The quantitative estimate of drug-likeness (QED) is 0.525. The maximum atomic E-state index is 12.0. The smallest absolute Gasteiger partial charge is 0.306 e. The highest BCUT2D eigenvalue weighted by Gasteiger charge is 2.30. The molecule has 1 aliphatic heterocycles. The van der Waals surface area contributed by atoms with Gasteiger partial charge in [0.05, 0.1) is 4.90 Å². The van der Waals surface area contributed by atoms with Crippen LogP contribution in [0.4, 0.5) is 0 Å². The Kier molecular flexibility index (Phi) is 6.33. The van der Waals surface area contributed by atoms with Crippen molar-refractivity contribution in [3.8, 4) is 0 Å². The Labute approximate surface area is 164 Å². The first-order chi connectivity index (χ1) is 13.4. The van der Waals surface area contributed by atoms with Crippen LogP contribution in [0.15, 0.2) is 34.2 Å². The zero-order valence-electron chi connectivity index (χ0n) is 15.8. The van der Waals surface area contributed by atoms with E-state index in [2.05, 4.69) is 15.0 Å². The number of hydrogen-bond acceptors (Lipinski definition) is 6. The van der Waals surface area contributed by atoms with Crippen molar-refractivity contribution in [1.29, 1.82) is 0 Å². The molecule has 0 spiro atoms. The first kappa shape index (κ1) is 20.3. The standard InChI is InChI=1S/C19H25N3O5S/c1-13(19(24)21-14-7-2-3-8-14)27-17(23)11-6-12-20-18-15-9-4-5-10-16(15)28(25,26)22-18/h4-5,9-10,13-14H,2-3,6-8,11-12H2,1H3,(H,20,22)(H,21,24)/t13-/m0/s1. The Bertz CT molecular complexity index is 875. The van der Waals surface area contributed by atoms with E-state index in [1.807, 2.05) is 0 Å². The molecule has 1 saturated carbocycles. The molecule has 3 rings (SSSR count). The van der Waals surface area contributed by atoms with Crippen molar-refractivity contribution in [2.45, 2.75) is 62.5 Å². The fourth-order valence-electron chi connectivity index (χ4n) is 3.36. The Morgan fingerprint density at radius 1 is 1.29 bits per heavy atom. The lowest BCUT2D eigenvalue weighted by Crippen LogP contribution is -2.40. The molecule has 0 saturated heterocycles. The molecule has 0 radical (unpaired) electrons. The number of sulfonamides is 1. The zero-order chi connectivity index (χ0) is 20.1. The van der Waals surface area contributed by atoms with Crippen LogP contribution in [0.3, 0.4) is 0 Å². The molecule has 152 valence electrons. The number of hydrogen-bond donors (Lipinski definition) is 2. The van der Waals surface area contributed by atoms with Gasteiger partial charge >= 0.3 is 5.97 Å². The van der Waals surface area contributed by atoms with Crippen LogP contribution in [-0.2, 0) is 24.3 Å². The molecular formula is C19H25N3O5S. The van der Waals surface area contributed by atoms with E-state index in [-0.39, 0.29) is 35.6 Å². The number of amidine groups is 1. The van der Waals surface area contributed by atoms with Gasteiger partial charge in [0, 0.05) is 24.6 Å².